The predicted molar refractivity (Wildman–Crippen MR) is 71.0 cm³/mol. The van der Waals surface area contributed by atoms with Gasteiger partial charge >= 0.3 is 0 Å². The molecular weight excluding hydrogens is 212 g/mol. The Morgan fingerprint density at radius 3 is 2.53 bits per heavy atom. The van der Waals surface area contributed by atoms with Gasteiger partial charge in [0.1, 0.15) is 5.75 Å². The maximum absolute atomic E-state index is 6.01. The van der Waals surface area contributed by atoms with E-state index in [1.54, 1.807) is 7.11 Å². The van der Waals surface area contributed by atoms with Gasteiger partial charge in [-0.3, -0.25) is 4.90 Å². The van der Waals surface area contributed by atoms with E-state index in [4.69, 9.17) is 10.5 Å². The molecule has 3 nitrogen and oxygen atoms in total. The van der Waals surface area contributed by atoms with Crippen LogP contribution in [0.5, 0.6) is 5.75 Å². The first kappa shape index (κ1) is 12.2. The summed E-state index contributed by atoms with van der Waals surface area (Å²) in [5.74, 6) is 2.44. The minimum atomic E-state index is 0.779. The van der Waals surface area contributed by atoms with Crippen molar-refractivity contribution in [1.29, 1.82) is 0 Å². The molecule has 94 valence electrons. The number of nitrogens with zero attached hydrogens (tertiary/aromatic N) is 1. The molecule has 0 radical (unpaired) electrons. The Morgan fingerprint density at radius 2 is 1.94 bits per heavy atom. The maximum Gasteiger partial charge on any atom is 0.119 e. The maximum atomic E-state index is 6.01. The summed E-state index contributed by atoms with van der Waals surface area (Å²) in [6, 6.07) is 5.88. The number of hydrogen-bond acceptors (Lipinski definition) is 3. The SMILES string of the molecule is COc1ccc(N)c(CN2CC(C)C(C)C2)c1. The summed E-state index contributed by atoms with van der Waals surface area (Å²) >= 11 is 0. The van der Waals surface area contributed by atoms with Crippen LogP contribution in [-0.2, 0) is 6.54 Å². The summed E-state index contributed by atoms with van der Waals surface area (Å²) in [6.07, 6.45) is 0. The molecule has 1 aromatic carbocycles. The van der Waals surface area contributed by atoms with Crippen molar-refractivity contribution in [2.45, 2.75) is 20.4 Å². The average Bonchev–Trinajstić information content (AvgIpc) is 2.61. The van der Waals surface area contributed by atoms with E-state index in [1.165, 1.54) is 5.56 Å². The number of ether oxygens (including phenoxy) is 1. The third-order valence-electron chi connectivity index (χ3n) is 3.81. The number of rotatable bonds is 3. The van der Waals surface area contributed by atoms with E-state index in [0.717, 1.165) is 42.9 Å². The number of likely N-dealkylation sites (tertiary alicyclic amines) is 1. The summed E-state index contributed by atoms with van der Waals surface area (Å²) in [5.41, 5.74) is 8.04. The van der Waals surface area contributed by atoms with Gasteiger partial charge in [0.2, 0.25) is 0 Å². The monoisotopic (exact) mass is 234 g/mol. The van der Waals surface area contributed by atoms with Crippen molar-refractivity contribution in [1.82, 2.24) is 4.90 Å². The highest BCUT2D eigenvalue weighted by Gasteiger charge is 2.26. The molecule has 17 heavy (non-hydrogen) atoms. The van der Waals surface area contributed by atoms with E-state index in [1.807, 2.05) is 18.2 Å². The largest absolute Gasteiger partial charge is 0.497 e. The summed E-state index contributed by atoms with van der Waals surface area (Å²) < 4.78 is 5.24. The Kier molecular flexibility index (Phi) is 3.57. The fourth-order valence-electron chi connectivity index (χ4n) is 2.46. The molecule has 1 fully saturated rings. The number of hydrogen-bond donors (Lipinski definition) is 1. The van der Waals surface area contributed by atoms with Crippen LogP contribution in [-0.4, -0.2) is 25.1 Å². The van der Waals surface area contributed by atoms with Gasteiger partial charge < -0.3 is 10.5 Å². The molecule has 0 aromatic heterocycles. The van der Waals surface area contributed by atoms with E-state index in [9.17, 15) is 0 Å². The normalized spacial score (nSPS) is 25.1. The van der Waals surface area contributed by atoms with Crippen molar-refractivity contribution >= 4 is 5.69 Å². The summed E-state index contributed by atoms with van der Waals surface area (Å²) in [4.78, 5) is 2.47. The van der Waals surface area contributed by atoms with Gasteiger partial charge in [0, 0.05) is 25.3 Å². The van der Waals surface area contributed by atoms with Crippen LogP contribution in [0.1, 0.15) is 19.4 Å². The van der Waals surface area contributed by atoms with E-state index >= 15 is 0 Å². The Hall–Kier alpha value is -1.22. The fourth-order valence-corrected chi connectivity index (χ4v) is 2.46. The molecule has 0 spiro atoms. The molecule has 3 heteroatoms. The summed E-state index contributed by atoms with van der Waals surface area (Å²) in [5, 5.41) is 0. The molecule has 0 saturated carbocycles. The Balaban J connectivity index is 2.08. The van der Waals surface area contributed by atoms with Gasteiger partial charge in [-0.25, -0.2) is 0 Å². The zero-order valence-electron chi connectivity index (χ0n) is 10.9. The smallest absolute Gasteiger partial charge is 0.119 e. The molecule has 0 aliphatic carbocycles. The molecular formula is C14H22N2O. The highest BCUT2D eigenvalue weighted by atomic mass is 16.5. The van der Waals surface area contributed by atoms with E-state index in [2.05, 4.69) is 18.7 Å². The predicted octanol–water partition coefficient (Wildman–Crippen LogP) is 2.37. The van der Waals surface area contributed by atoms with Gasteiger partial charge in [-0.2, -0.15) is 0 Å². The van der Waals surface area contributed by atoms with Crippen LogP contribution in [0.25, 0.3) is 0 Å². The number of benzene rings is 1. The standard InChI is InChI=1S/C14H22N2O/c1-10-7-16(8-11(10)2)9-12-6-13(17-3)4-5-14(12)15/h4-6,10-11H,7-9,15H2,1-3H3. The Bertz CT molecular complexity index is 382. The van der Waals surface area contributed by atoms with Crippen molar-refractivity contribution in [3.63, 3.8) is 0 Å². The minimum Gasteiger partial charge on any atom is -0.497 e. The highest BCUT2D eigenvalue weighted by Crippen LogP contribution is 2.26. The molecule has 1 heterocycles. The third kappa shape index (κ3) is 2.72. The first-order chi connectivity index (χ1) is 8.10. The van der Waals surface area contributed by atoms with Crippen molar-refractivity contribution < 1.29 is 4.74 Å². The Labute approximate surface area is 104 Å². The lowest BCUT2D eigenvalue weighted by Crippen LogP contribution is -2.20. The van der Waals surface area contributed by atoms with E-state index < -0.39 is 0 Å². The van der Waals surface area contributed by atoms with Crippen LogP contribution in [0.15, 0.2) is 18.2 Å². The topological polar surface area (TPSA) is 38.5 Å². The molecule has 2 rings (SSSR count). The molecule has 2 atom stereocenters. The fraction of sp³-hybridized carbons (Fsp3) is 0.571. The van der Waals surface area contributed by atoms with Crippen LogP contribution in [0, 0.1) is 11.8 Å². The van der Waals surface area contributed by atoms with Crippen molar-refractivity contribution in [2.75, 3.05) is 25.9 Å². The highest BCUT2D eigenvalue weighted by molar-refractivity contribution is 5.50. The molecule has 0 bridgehead atoms. The second-order valence-electron chi connectivity index (χ2n) is 5.21. The molecule has 2 unspecified atom stereocenters. The first-order valence-corrected chi connectivity index (χ1v) is 6.25. The van der Waals surface area contributed by atoms with Gasteiger partial charge in [0.25, 0.3) is 0 Å². The minimum absolute atomic E-state index is 0.779. The Morgan fingerprint density at radius 1 is 1.29 bits per heavy atom. The van der Waals surface area contributed by atoms with Crippen LogP contribution in [0.4, 0.5) is 5.69 Å². The molecule has 2 N–H and O–H groups in total. The lowest BCUT2D eigenvalue weighted by molar-refractivity contribution is 0.316. The van der Waals surface area contributed by atoms with Gasteiger partial charge in [0.05, 0.1) is 7.11 Å². The molecule has 1 aliphatic heterocycles. The summed E-state index contributed by atoms with van der Waals surface area (Å²) in [7, 11) is 1.69. The number of methoxy groups -OCH3 is 1. The first-order valence-electron chi connectivity index (χ1n) is 6.25. The van der Waals surface area contributed by atoms with E-state index in [0.29, 0.717) is 0 Å². The third-order valence-corrected chi connectivity index (χ3v) is 3.81. The summed E-state index contributed by atoms with van der Waals surface area (Å²) in [6.45, 7) is 7.90. The molecule has 1 aromatic rings. The van der Waals surface area contributed by atoms with Crippen LogP contribution in [0.2, 0.25) is 0 Å². The van der Waals surface area contributed by atoms with Crippen molar-refractivity contribution in [3.8, 4) is 5.75 Å². The van der Waals surface area contributed by atoms with Crippen molar-refractivity contribution in [3.05, 3.63) is 23.8 Å². The molecule has 1 saturated heterocycles. The zero-order valence-corrected chi connectivity index (χ0v) is 10.9. The lowest BCUT2D eigenvalue weighted by atomic mass is 10.0. The molecule has 1 aliphatic rings. The second kappa shape index (κ2) is 4.96. The van der Waals surface area contributed by atoms with Gasteiger partial charge in [0.15, 0.2) is 0 Å². The quantitative estimate of drug-likeness (QED) is 0.816. The number of nitrogens with two attached hydrogens (primary N) is 1. The van der Waals surface area contributed by atoms with Gasteiger partial charge in [-0.15, -0.1) is 0 Å². The van der Waals surface area contributed by atoms with E-state index in [-0.39, 0.29) is 0 Å². The van der Waals surface area contributed by atoms with Crippen LogP contribution in [0.3, 0.4) is 0 Å². The lowest BCUT2D eigenvalue weighted by Gasteiger charge is -2.17. The van der Waals surface area contributed by atoms with Crippen LogP contribution < -0.4 is 10.5 Å². The second-order valence-corrected chi connectivity index (χ2v) is 5.21. The zero-order chi connectivity index (χ0) is 12.4. The van der Waals surface area contributed by atoms with Gasteiger partial charge in [-0.05, 0) is 35.6 Å². The van der Waals surface area contributed by atoms with Crippen molar-refractivity contribution in [2.24, 2.45) is 11.8 Å². The van der Waals surface area contributed by atoms with Gasteiger partial charge in [-0.1, -0.05) is 13.8 Å². The average molecular weight is 234 g/mol. The molecule has 0 amide bonds. The number of anilines is 1. The number of nitrogen functional groups attached to an aromatic ring is 1. The van der Waals surface area contributed by atoms with Crippen LogP contribution >= 0.6 is 0 Å².